The van der Waals surface area contributed by atoms with Crippen molar-refractivity contribution in [2.24, 2.45) is 5.41 Å². The Labute approximate surface area is 146 Å². The van der Waals surface area contributed by atoms with Crippen LogP contribution in [0.5, 0.6) is 0 Å². The molecule has 1 spiro atoms. The summed E-state index contributed by atoms with van der Waals surface area (Å²) in [6, 6.07) is 4.39. The number of hydrogen-bond acceptors (Lipinski definition) is 5. The number of carbonyl (C=O) groups excluding carboxylic acids is 1. The third-order valence-corrected chi connectivity index (χ3v) is 6.19. The van der Waals surface area contributed by atoms with E-state index in [1.165, 1.54) is 16.1 Å². The number of aryl methyl sites for hydroxylation is 1. The number of piperidine rings is 1. The van der Waals surface area contributed by atoms with Crippen molar-refractivity contribution in [1.82, 2.24) is 14.9 Å². The van der Waals surface area contributed by atoms with Crippen LogP contribution in [0, 0.1) is 12.3 Å². The minimum Gasteiger partial charge on any atom is -0.309 e. The maximum Gasteiger partial charge on any atom is 0.234 e. The third kappa shape index (κ3) is 2.84. The normalized spacial score (nSPS) is 24.9. The van der Waals surface area contributed by atoms with E-state index in [1.807, 2.05) is 16.2 Å². The lowest BCUT2D eigenvalue weighted by molar-refractivity contribution is -0.128. The van der Waals surface area contributed by atoms with Crippen molar-refractivity contribution < 1.29 is 4.79 Å². The molecule has 2 fully saturated rings. The molecule has 1 atom stereocenters. The second kappa shape index (κ2) is 6.26. The van der Waals surface area contributed by atoms with Crippen LogP contribution < -0.4 is 4.90 Å². The van der Waals surface area contributed by atoms with Crippen LogP contribution in [0.1, 0.15) is 29.0 Å². The largest absolute Gasteiger partial charge is 0.309 e. The Balaban J connectivity index is 1.49. The molecule has 0 bridgehead atoms. The molecule has 4 heterocycles. The summed E-state index contributed by atoms with van der Waals surface area (Å²) in [6.07, 6.45) is 8.00. The van der Waals surface area contributed by atoms with Gasteiger partial charge in [-0.25, -0.2) is 9.97 Å². The van der Waals surface area contributed by atoms with Gasteiger partial charge in [0.25, 0.3) is 0 Å². The number of carbonyl (C=O) groups is 1. The molecular formula is C18H22N4OS. The summed E-state index contributed by atoms with van der Waals surface area (Å²) in [5.41, 5.74) is 0.603. The zero-order valence-electron chi connectivity index (χ0n) is 13.9. The van der Waals surface area contributed by atoms with E-state index < -0.39 is 0 Å². The Bertz CT molecular complexity index is 732. The summed E-state index contributed by atoms with van der Waals surface area (Å²) in [5, 5.41) is 0. The van der Waals surface area contributed by atoms with Gasteiger partial charge in [0.1, 0.15) is 6.33 Å². The highest BCUT2D eigenvalue weighted by Gasteiger charge is 2.49. The molecule has 2 aliphatic heterocycles. The van der Waals surface area contributed by atoms with Crippen LogP contribution in [0.2, 0.25) is 0 Å². The Hall–Kier alpha value is -1.79. The summed E-state index contributed by atoms with van der Waals surface area (Å²) in [5.74, 6) is 0.254. The smallest absolute Gasteiger partial charge is 0.234 e. The van der Waals surface area contributed by atoms with Crippen molar-refractivity contribution in [2.75, 3.05) is 24.5 Å². The number of hydrogen-bond donors (Lipinski definition) is 0. The number of amides is 1. The fourth-order valence-electron chi connectivity index (χ4n) is 4.03. The molecule has 4 rings (SSSR count). The Morgan fingerprint density at radius 3 is 2.79 bits per heavy atom. The Kier molecular flexibility index (Phi) is 4.10. The average molecular weight is 342 g/mol. The topological polar surface area (TPSA) is 49.3 Å². The highest BCUT2D eigenvalue weighted by Crippen LogP contribution is 2.42. The molecule has 0 unspecified atom stereocenters. The zero-order valence-corrected chi connectivity index (χ0v) is 14.8. The first-order chi connectivity index (χ1) is 11.7. The molecule has 0 radical (unpaired) electrons. The SMILES string of the molecule is Cc1ccc(CN2CCC[C@@]3(CCN(c4cncnc4)C3=O)C2)s1. The van der Waals surface area contributed by atoms with Crippen molar-refractivity contribution in [1.29, 1.82) is 0 Å². The molecule has 5 nitrogen and oxygen atoms in total. The first-order valence-corrected chi connectivity index (χ1v) is 9.33. The predicted octanol–water partition coefficient (Wildman–Crippen LogP) is 2.87. The molecule has 2 saturated heterocycles. The van der Waals surface area contributed by atoms with Crippen molar-refractivity contribution in [3.63, 3.8) is 0 Å². The number of rotatable bonds is 3. The molecule has 24 heavy (non-hydrogen) atoms. The lowest BCUT2D eigenvalue weighted by Gasteiger charge is -2.38. The number of aromatic nitrogens is 2. The second-order valence-electron chi connectivity index (χ2n) is 6.91. The van der Waals surface area contributed by atoms with E-state index in [0.717, 1.165) is 51.1 Å². The molecule has 1 amide bonds. The number of likely N-dealkylation sites (tertiary alicyclic amines) is 1. The molecule has 2 aliphatic rings. The van der Waals surface area contributed by atoms with Crippen molar-refractivity contribution in [3.8, 4) is 0 Å². The average Bonchev–Trinajstić information content (AvgIpc) is 3.13. The standard InChI is InChI=1S/C18H22N4OS/c1-14-3-4-16(24-14)11-21-7-2-5-18(12-21)6-8-22(17(18)23)15-9-19-13-20-10-15/h3-4,9-10,13H,2,5-8,11-12H2,1H3/t18-/m1/s1. The summed E-state index contributed by atoms with van der Waals surface area (Å²) in [4.78, 5) is 28.3. The first kappa shape index (κ1) is 15.7. The van der Waals surface area contributed by atoms with E-state index in [-0.39, 0.29) is 11.3 Å². The number of thiophene rings is 1. The predicted molar refractivity (Wildman–Crippen MR) is 95.0 cm³/mol. The molecule has 2 aromatic heterocycles. The van der Waals surface area contributed by atoms with Crippen LogP contribution >= 0.6 is 11.3 Å². The van der Waals surface area contributed by atoms with Crippen LogP contribution in [-0.4, -0.2) is 40.4 Å². The van der Waals surface area contributed by atoms with E-state index in [4.69, 9.17) is 0 Å². The number of nitrogens with zero attached hydrogens (tertiary/aromatic N) is 4. The summed E-state index contributed by atoms with van der Waals surface area (Å²) in [7, 11) is 0. The van der Waals surface area contributed by atoms with Gasteiger partial charge in [-0.3, -0.25) is 9.69 Å². The van der Waals surface area contributed by atoms with E-state index in [1.54, 1.807) is 12.4 Å². The fourth-order valence-corrected chi connectivity index (χ4v) is 4.96. The van der Waals surface area contributed by atoms with Gasteiger partial charge in [0.2, 0.25) is 5.91 Å². The number of anilines is 1. The van der Waals surface area contributed by atoms with Gasteiger partial charge in [-0.05, 0) is 44.9 Å². The minimum absolute atomic E-state index is 0.222. The van der Waals surface area contributed by atoms with Gasteiger partial charge in [0.15, 0.2) is 0 Å². The van der Waals surface area contributed by atoms with E-state index >= 15 is 0 Å². The molecule has 2 aromatic rings. The molecule has 0 saturated carbocycles. The van der Waals surface area contributed by atoms with Gasteiger partial charge in [0.05, 0.1) is 23.5 Å². The van der Waals surface area contributed by atoms with Crippen molar-refractivity contribution in [3.05, 3.63) is 40.6 Å². The second-order valence-corrected chi connectivity index (χ2v) is 8.28. The van der Waals surface area contributed by atoms with E-state index in [2.05, 4.69) is 33.9 Å². The third-order valence-electron chi connectivity index (χ3n) is 5.20. The van der Waals surface area contributed by atoms with Gasteiger partial charge in [-0.15, -0.1) is 11.3 Å². The van der Waals surface area contributed by atoms with Gasteiger partial charge >= 0.3 is 0 Å². The van der Waals surface area contributed by atoms with Gasteiger partial charge < -0.3 is 4.90 Å². The minimum atomic E-state index is -0.222. The lowest BCUT2D eigenvalue weighted by Crippen LogP contribution is -2.47. The zero-order chi connectivity index (χ0) is 16.6. The molecule has 0 aliphatic carbocycles. The maximum absolute atomic E-state index is 13.1. The fraction of sp³-hybridized carbons (Fsp3) is 0.500. The Morgan fingerprint density at radius 2 is 2.04 bits per heavy atom. The van der Waals surface area contributed by atoms with Gasteiger partial charge in [0, 0.05) is 29.4 Å². The van der Waals surface area contributed by atoms with Crippen molar-refractivity contribution >= 4 is 22.9 Å². The van der Waals surface area contributed by atoms with Crippen molar-refractivity contribution in [2.45, 2.75) is 32.7 Å². The lowest BCUT2D eigenvalue weighted by atomic mass is 9.78. The quantitative estimate of drug-likeness (QED) is 0.861. The molecular weight excluding hydrogens is 320 g/mol. The van der Waals surface area contributed by atoms with Crippen LogP contribution in [0.4, 0.5) is 5.69 Å². The maximum atomic E-state index is 13.1. The molecule has 0 aromatic carbocycles. The van der Waals surface area contributed by atoms with Crippen LogP contribution in [0.25, 0.3) is 0 Å². The summed E-state index contributed by atoms with van der Waals surface area (Å²) < 4.78 is 0. The summed E-state index contributed by atoms with van der Waals surface area (Å²) in [6.45, 7) is 5.83. The van der Waals surface area contributed by atoms with Crippen LogP contribution in [0.15, 0.2) is 30.9 Å². The van der Waals surface area contributed by atoms with Gasteiger partial charge in [-0.2, -0.15) is 0 Å². The molecule has 0 N–H and O–H groups in total. The monoisotopic (exact) mass is 342 g/mol. The van der Waals surface area contributed by atoms with Crippen LogP contribution in [-0.2, 0) is 11.3 Å². The molecule has 6 heteroatoms. The van der Waals surface area contributed by atoms with E-state index in [0.29, 0.717) is 0 Å². The van der Waals surface area contributed by atoms with Gasteiger partial charge in [-0.1, -0.05) is 0 Å². The highest BCUT2D eigenvalue weighted by molar-refractivity contribution is 7.11. The Morgan fingerprint density at radius 1 is 1.21 bits per heavy atom. The highest BCUT2D eigenvalue weighted by atomic mass is 32.1. The molecule has 126 valence electrons. The summed E-state index contributed by atoms with van der Waals surface area (Å²) >= 11 is 1.86. The van der Waals surface area contributed by atoms with E-state index in [9.17, 15) is 4.79 Å². The first-order valence-electron chi connectivity index (χ1n) is 8.51. The van der Waals surface area contributed by atoms with Crippen LogP contribution in [0.3, 0.4) is 0 Å².